The summed E-state index contributed by atoms with van der Waals surface area (Å²) < 4.78 is 10.9. The number of nitrogens with one attached hydrogen (secondary N) is 1. The number of hydrogen-bond acceptors (Lipinski definition) is 6. The number of hydrogen-bond donors (Lipinski definition) is 2. The van der Waals surface area contributed by atoms with Gasteiger partial charge in [-0.3, -0.25) is 4.98 Å². The van der Waals surface area contributed by atoms with E-state index in [-0.39, 0.29) is 0 Å². The molecule has 1 aromatic heterocycles. The number of fused-ring (bicyclic) bond motifs is 1. The van der Waals surface area contributed by atoms with Crippen LogP contribution in [0.1, 0.15) is 19.3 Å². The van der Waals surface area contributed by atoms with Crippen LogP contribution in [0, 0.1) is 5.41 Å². The van der Waals surface area contributed by atoms with E-state index in [4.69, 9.17) is 9.47 Å². The van der Waals surface area contributed by atoms with E-state index in [9.17, 15) is 0 Å². The molecule has 2 fully saturated rings. The van der Waals surface area contributed by atoms with E-state index in [1.165, 1.54) is 38.0 Å². The van der Waals surface area contributed by atoms with Gasteiger partial charge in [-0.05, 0) is 49.6 Å². The molecule has 0 aliphatic carbocycles. The molecule has 0 atom stereocenters. The summed E-state index contributed by atoms with van der Waals surface area (Å²) in [6.07, 6.45) is 7.43. The van der Waals surface area contributed by atoms with Gasteiger partial charge in [-0.1, -0.05) is 0 Å². The fourth-order valence-electron chi connectivity index (χ4n) is 4.18. The van der Waals surface area contributed by atoms with Gasteiger partial charge in [0.2, 0.25) is 0 Å². The Kier molecular flexibility index (Phi) is 6.14. The third-order valence-electron chi connectivity index (χ3n) is 5.72. The minimum atomic E-state index is 0.528. The predicted octanol–water partition coefficient (Wildman–Crippen LogP) is 3.38. The van der Waals surface area contributed by atoms with Gasteiger partial charge in [0.25, 0.3) is 0 Å². The van der Waals surface area contributed by atoms with Crippen LogP contribution in [0.5, 0.6) is 11.5 Å². The number of piperidine rings is 1. The second kappa shape index (κ2) is 8.35. The van der Waals surface area contributed by atoms with Crippen LogP contribution in [0.25, 0.3) is 10.9 Å². The predicted molar refractivity (Wildman–Crippen MR) is 111 cm³/mol. The van der Waals surface area contributed by atoms with Crippen molar-refractivity contribution in [2.45, 2.75) is 19.3 Å². The van der Waals surface area contributed by atoms with E-state index >= 15 is 0 Å². The van der Waals surface area contributed by atoms with Gasteiger partial charge in [0.1, 0.15) is 0 Å². The molecule has 0 saturated carbocycles. The number of methoxy groups -OCH3 is 2. The first-order chi connectivity index (χ1) is 12.7. The Morgan fingerprint density at radius 3 is 2.38 bits per heavy atom. The van der Waals surface area contributed by atoms with Crippen LogP contribution in [0.15, 0.2) is 24.4 Å². The maximum Gasteiger partial charge on any atom is 0.162 e. The normalized spacial score (nSPS) is 18.5. The summed E-state index contributed by atoms with van der Waals surface area (Å²) in [4.78, 5) is 7.02. The number of nitrogens with zero attached hydrogens (tertiary/aromatic N) is 2. The summed E-state index contributed by atoms with van der Waals surface area (Å²) in [7, 11) is 3.34. The number of pyridine rings is 1. The molecule has 3 heterocycles. The second-order valence-corrected chi connectivity index (χ2v) is 6.97. The molecule has 0 radical (unpaired) electrons. The number of anilines is 1. The average Bonchev–Trinajstić information content (AvgIpc) is 3.16. The summed E-state index contributed by atoms with van der Waals surface area (Å²) >= 11 is 3.53. The van der Waals surface area contributed by atoms with E-state index in [1.54, 1.807) is 20.5 Å². The summed E-state index contributed by atoms with van der Waals surface area (Å²) in [5.41, 5.74) is 2.73. The first-order valence-corrected chi connectivity index (χ1v) is 10.1. The van der Waals surface area contributed by atoms with Crippen LogP contribution in [0.4, 0.5) is 5.69 Å². The molecule has 4 rings (SSSR count). The van der Waals surface area contributed by atoms with Gasteiger partial charge in [-0.15, -0.1) is 0 Å². The average molecular weight is 376 g/mol. The van der Waals surface area contributed by atoms with E-state index in [2.05, 4.69) is 40.0 Å². The molecule has 6 heteroatoms. The maximum absolute atomic E-state index is 5.48. The van der Waals surface area contributed by atoms with Crippen molar-refractivity contribution in [2.24, 2.45) is 5.41 Å². The van der Waals surface area contributed by atoms with Crippen molar-refractivity contribution in [3.05, 3.63) is 24.4 Å². The lowest BCUT2D eigenvalue weighted by molar-refractivity contribution is 0.247. The highest BCUT2D eigenvalue weighted by molar-refractivity contribution is 7.79. The van der Waals surface area contributed by atoms with Gasteiger partial charge in [0.15, 0.2) is 11.5 Å². The molecule has 2 saturated heterocycles. The number of ether oxygens (including phenoxy) is 2. The fourth-order valence-corrected chi connectivity index (χ4v) is 4.18. The van der Waals surface area contributed by atoms with Crippen LogP contribution in [0.3, 0.4) is 0 Å². The van der Waals surface area contributed by atoms with Gasteiger partial charge in [-0.25, -0.2) is 0 Å². The van der Waals surface area contributed by atoms with Crippen molar-refractivity contribution in [3.8, 4) is 11.5 Å². The molecule has 2 aliphatic heterocycles. The largest absolute Gasteiger partial charge is 0.493 e. The summed E-state index contributed by atoms with van der Waals surface area (Å²) in [5.74, 6) is 1.48. The Morgan fingerprint density at radius 1 is 1.08 bits per heavy atom. The van der Waals surface area contributed by atoms with Gasteiger partial charge < -0.3 is 19.7 Å². The number of benzene rings is 1. The van der Waals surface area contributed by atoms with Crippen molar-refractivity contribution in [1.82, 2.24) is 10.3 Å². The van der Waals surface area contributed by atoms with Gasteiger partial charge >= 0.3 is 0 Å². The topological polar surface area (TPSA) is 46.6 Å². The zero-order chi connectivity index (χ0) is 18.6. The zero-order valence-corrected chi connectivity index (χ0v) is 16.8. The Balaban J connectivity index is 0.000000948. The van der Waals surface area contributed by atoms with Gasteiger partial charge in [0.05, 0.1) is 19.7 Å². The lowest BCUT2D eigenvalue weighted by Crippen LogP contribution is -2.41. The second-order valence-electron chi connectivity index (χ2n) is 6.97. The molecule has 5 nitrogen and oxygen atoms in total. The minimum absolute atomic E-state index is 0.528. The number of thiol groups is 1. The van der Waals surface area contributed by atoms with Gasteiger partial charge in [0, 0.05) is 43.0 Å². The lowest BCUT2D eigenvalue weighted by Gasteiger charge is -2.40. The molecule has 1 aromatic carbocycles. The SMILES string of the molecule is COc1cc2nccc(N3CCC4(CCNC4)CC3)c2cc1OC.CS. The fraction of sp³-hybridized carbons (Fsp3) is 0.550. The minimum Gasteiger partial charge on any atom is -0.493 e. The maximum atomic E-state index is 5.48. The monoisotopic (exact) mass is 375 g/mol. The Labute approximate surface area is 161 Å². The van der Waals surface area contributed by atoms with E-state index in [1.807, 2.05) is 12.3 Å². The molecule has 0 bridgehead atoms. The van der Waals surface area contributed by atoms with Crippen molar-refractivity contribution >= 4 is 29.2 Å². The summed E-state index contributed by atoms with van der Waals surface area (Å²) in [6, 6.07) is 6.14. The van der Waals surface area contributed by atoms with Crippen LogP contribution < -0.4 is 19.7 Å². The first-order valence-electron chi connectivity index (χ1n) is 9.16. The van der Waals surface area contributed by atoms with E-state index in [0.717, 1.165) is 35.5 Å². The summed E-state index contributed by atoms with van der Waals surface area (Å²) in [5, 5.41) is 4.67. The Morgan fingerprint density at radius 2 is 1.77 bits per heavy atom. The molecule has 1 spiro atoms. The van der Waals surface area contributed by atoms with Crippen molar-refractivity contribution in [3.63, 3.8) is 0 Å². The van der Waals surface area contributed by atoms with Crippen molar-refractivity contribution in [2.75, 3.05) is 51.6 Å². The van der Waals surface area contributed by atoms with E-state index in [0.29, 0.717) is 5.41 Å². The smallest absolute Gasteiger partial charge is 0.162 e. The third kappa shape index (κ3) is 3.58. The van der Waals surface area contributed by atoms with Crippen LogP contribution in [0.2, 0.25) is 0 Å². The Hall–Kier alpha value is -1.66. The van der Waals surface area contributed by atoms with Crippen LogP contribution in [-0.4, -0.2) is 51.6 Å². The highest BCUT2D eigenvalue weighted by Gasteiger charge is 2.37. The molecule has 0 unspecified atom stereocenters. The summed E-state index contributed by atoms with van der Waals surface area (Å²) in [6.45, 7) is 4.57. The highest BCUT2D eigenvalue weighted by Crippen LogP contribution is 2.41. The quantitative estimate of drug-likeness (QED) is 0.806. The zero-order valence-electron chi connectivity index (χ0n) is 15.9. The van der Waals surface area contributed by atoms with Crippen LogP contribution in [-0.2, 0) is 0 Å². The van der Waals surface area contributed by atoms with E-state index < -0.39 is 0 Å². The number of aromatic nitrogens is 1. The molecule has 1 N–H and O–H groups in total. The van der Waals surface area contributed by atoms with Crippen molar-refractivity contribution in [1.29, 1.82) is 0 Å². The third-order valence-corrected chi connectivity index (χ3v) is 5.72. The van der Waals surface area contributed by atoms with Crippen molar-refractivity contribution < 1.29 is 9.47 Å². The number of rotatable bonds is 3. The molecular formula is C20H29N3O2S. The highest BCUT2D eigenvalue weighted by atomic mass is 32.1. The standard InChI is InChI=1S/C19H25N3O2.CH4S/c1-23-17-11-14-15(12-18(17)24-2)21-7-3-16(14)22-9-5-19(6-10-22)4-8-20-13-19;1-2/h3,7,11-12,20H,4-6,8-10,13H2,1-2H3;2H,1H3. The Bertz CT molecular complexity index is 737. The van der Waals surface area contributed by atoms with Crippen LogP contribution >= 0.6 is 12.6 Å². The molecule has 26 heavy (non-hydrogen) atoms. The molecule has 2 aliphatic rings. The molecule has 142 valence electrons. The lowest BCUT2D eigenvalue weighted by atomic mass is 9.77. The molecule has 0 amide bonds. The molecular weight excluding hydrogens is 346 g/mol. The molecule has 2 aromatic rings. The first kappa shape index (κ1) is 19.1. The van der Waals surface area contributed by atoms with Gasteiger partial charge in [-0.2, -0.15) is 12.6 Å².